The number of halogens is 2. The van der Waals surface area contributed by atoms with Crippen molar-refractivity contribution >= 4 is 46.0 Å². The lowest BCUT2D eigenvalue weighted by atomic mass is 9.79. The average Bonchev–Trinajstić information content (AvgIpc) is 3.05. The molecule has 3 atom stereocenters. The largest absolute Gasteiger partial charge is 0.384 e. The van der Waals surface area contributed by atoms with Crippen LogP contribution >= 0.6 is 35.0 Å². The molecule has 5 nitrogen and oxygen atoms in total. The van der Waals surface area contributed by atoms with E-state index in [9.17, 15) is 15.0 Å². The second-order valence-electron chi connectivity index (χ2n) is 8.36. The Hall–Kier alpha value is -1.83. The summed E-state index contributed by atoms with van der Waals surface area (Å²) in [5, 5.41) is 25.3. The maximum Gasteiger partial charge on any atom is 0.239 e. The third kappa shape index (κ3) is 3.68. The SMILES string of the molecule is O=C1CSC2=NC3=C(C(O)c4ccc(Cl)cc4)CCCCC3(O)C(c3ccc(Cl)cc3)N12. The Kier molecular flexibility index (Phi) is 5.84. The number of nitrogens with zero attached hydrogens (tertiary/aromatic N) is 2. The molecule has 0 bridgehead atoms. The van der Waals surface area contributed by atoms with Gasteiger partial charge in [0.2, 0.25) is 5.91 Å². The lowest BCUT2D eigenvalue weighted by Gasteiger charge is -2.45. The summed E-state index contributed by atoms with van der Waals surface area (Å²) in [7, 11) is 0. The Bertz CT molecular complexity index is 1120. The van der Waals surface area contributed by atoms with Crippen molar-refractivity contribution in [3.63, 3.8) is 0 Å². The van der Waals surface area contributed by atoms with Crippen LogP contribution in [0.25, 0.3) is 0 Å². The van der Waals surface area contributed by atoms with Gasteiger partial charge in [0.25, 0.3) is 0 Å². The van der Waals surface area contributed by atoms with Crippen LogP contribution in [0.3, 0.4) is 0 Å². The number of thioether (sulfide) groups is 1. The zero-order valence-corrected chi connectivity index (χ0v) is 19.5. The highest BCUT2D eigenvalue weighted by atomic mass is 35.5. The minimum atomic E-state index is -1.42. The van der Waals surface area contributed by atoms with Crippen molar-refractivity contribution in [1.29, 1.82) is 0 Å². The van der Waals surface area contributed by atoms with E-state index < -0.39 is 17.7 Å². The van der Waals surface area contributed by atoms with Crippen LogP contribution in [0.15, 0.2) is 64.8 Å². The molecule has 2 N–H and O–H groups in total. The third-order valence-corrected chi connectivity index (χ3v) is 7.83. The smallest absolute Gasteiger partial charge is 0.239 e. The number of rotatable bonds is 3. The van der Waals surface area contributed by atoms with Gasteiger partial charge in [0.15, 0.2) is 5.17 Å². The molecule has 3 unspecified atom stereocenters. The number of aliphatic hydroxyl groups is 2. The summed E-state index contributed by atoms with van der Waals surface area (Å²) in [5.41, 5.74) is 1.24. The molecule has 1 fully saturated rings. The van der Waals surface area contributed by atoms with Gasteiger partial charge in [-0.2, -0.15) is 0 Å². The Morgan fingerprint density at radius 2 is 1.72 bits per heavy atom. The number of benzene rings is 2. The minimum absolute atomic E-state index is 0.0785. The van der Waals surface area contributed by atoms with Gasteiger partial charge in [-0.15, -0.1) is 0 Å². The van der Waals surface area contributed by atoms with Gasteiger partial charge in [0, 0.05) is 10.0 Å². The molecule has 5 rings (SSSR count). The number of carbonyl (C=O) groups is 1. The standard InChI is InChI=1S/C24H22Cl2N2O3S/c25-16-8-4-14(5-9-16)20(30)18-3-1-2-12-24(31)21(18)27-23-28(19(29)13-32-23)22(24)15-6-10-17(26)11-7-15/h4-11,20,22,30-31H,1-3,12-13H2. The first-order chi connectivity index (χ1) is 15.4. The molecule has 0 radical (unpaired) electrons. The zero-order valence-electron chi connectivity index (χ0n) is 17.2. The highest BCUT2D eigenvalue weighted by Crippen LogP contribution is 2.52. The summed E-state index contributed by atoms with van der Waals surface area (Å²) in [6.07, 6.45) is 1.70. The fourth-order valence-corrected chi connectivity index (χ4v) is 6.01. The normalized spacial score (nSPS) is 26.4. The number of amides is 1. The van der Waals surface area contributed by atoms with Crippen LogP contribution in [-0.4, -0.2) is 37.5 Å². The molecule has 2 aliphatic heterocycles. The quantitative estimate of drug-likeness (QED) is 0.616. The Labute approximate surface area is 200 Å². The van der Waals surface area contributed by atoms with Gasteiger partial charge in [0.05, 0.1) is 17.5 Å². The molecule has 32 heavy (non-hydrogen) atoms. The van der Waals surface area contributed by atoms with Crippen molar-refractivity contribution < 1.29 is 15.0 Å². The van der Waals surface area contributed by atoms with E-state index in [0.717, 1.165) is 18.4 Å². The van der Waals surface area contributed by atoms with Crippen LogP contribution in [0.2, 0.25) is 10.0 Å². The lowest BCUT2D eigenvalue weighted by Crippen LogP contribution is -2.52. The fraction of sp³-hybridized carbons (Fsp3) is 0.333. The second-order valence-corrected chi connectivity index (χ2v) is 10.2. The summed E-state index contributed by atoms with van der Waals surface area (Å²) in [4.78, 5) is 19.2. The van der Waals surface area contributed by atoms with Gasteiger partial charge >= 0.3 is 0 Å². The number of carbonyl (C=O) groups excluding carboxylic acids is 1. The number of aliphatic hydroxyl groups excluding tert-OH is 1. The molecule has 0 aromatic heterocycles. The van der Waals surface area contributed by atoms with Crippen LogP contribution in [0.5, 0.6) is 0 Å². The number of hydrogen-bond donors (Lipinski definition) is 2. The van der Waals surface area contributed by atoms with Crippen molar-refractivity contribution in [3.8, 4) is 0 Å². The molecule has 166 valence electrons. The van der Waals surface area contributed by atoms with E-state index in [1.165, 1.54) is 11.8 Å². The topological polar surface area (TPSA) is 73.1 Å². The number of aliphatic imine (C=N–C) groups is 1. The van der Waals surface area contributed by atoms with Crippen molar-refractivity contribution in [3.05, 3.63) is 81.0 Å². The molecular weight excluding hydrogens is 467 g/mol. The summed E-state index contributed by atoms with van der Waals surface area (Å²) < 4.78 is 0. The Balaban J connectivity index is 1.70. The van der Waals surface area contributed by atoms with E-state index in [-0.39, 0.29) is 11.7 Å². The van der Waals surface area contributed by atoms with E-state index in [1.54, 1.807) is 41.3 Å². The highest BCUT2D eigenvalue weighted by Gasteiger charge is 2.54. The molecule has 0 saturated carbocycles. The first-order valence-electron chi connectivity index (χ1n) is 10.6. The third-order valence-electron chi connectivity index (χ3n) is 6.39. The molecule has 2 aromatic rings. The van der Waals surface area contributed by atoms with Crippen molar-refractivity contribution in [2.45, 2.75) is 43.4 Å². The van der Waals surface area contributed by atoms with Crippen molar-refractivity contribution in [1.82, 2.24) is 4.90 Å². The number of amidine groups is 1. The second kappa shape index (κ2) is 8.50. The van der Waals surface area contributed by atoms with Crippen molar-refractivity contribution in [2.24, 2.45) is 4.99 Å². The Morgan fingerprint density at radius 3 is 2.41 bits per heavy atom. The molecule has 2 aromatic carbocycles. The molecular formula is C24H22Cl2N2O3S. The molecule has 1 aliphatic carbocycles. The first-order valence-corrected chi connectivity index (χ1v) is 12.3. The van der Waals surface area contributed by atoms with Crippen LogP contribution in [0, 0.1) is 0 Å². The predicted octanol–water partition coefficient (Wildman–Crippen LogP) is 5.27. The minimum Gasteiger partial charge on any atom is -0.384 e. The maximum atomic E-state index is 12.8. The van der Waals surface area contributed by atoms with Crippen LogP contribution in [0.1, 0.15) is 49.0 Å². The lowest BCUT2D eigenvalue weighted by molar-refractivity contribution is -0.130. The first kappa shape index (κ1) is 22.0. The average molecular weight is 489 g/mol. The van der Waals surface area contributed by atoms with Gasteiger partial charge in [0.1, 0.15) is 11.7 Å². The summed E-state index contributed by atoms with van der Waals surface area (Å²) >= 11 is 13.5. The zero-order chi connectivity index (χ0) is 22.5. The van der Waals surface area contributed by atoms with E-state index in [4.69, 9.17) is 28.2 Å². The van der Waals surface area contributed by atoms with Gasteiger partial charge < -0.3 is 10.2 Å². The molecule has 1 saturated heterocycles. The van der Waals surface area contributed by atoms with Gasteiger partial charge in [-0.1, -0.05) is 59.2 Å². The molecule has 2 heterocycles. The molecule has 0 spiro atoms. The summed E-state index contributed by atoms with van der Waals surface area (Å²) in [5.74, 6) is 0.201. The molecule has 3 aliphatic rings. The van der Waals surface area contributed by atoms with E-state index >= 15 is 0 Å². The number of fused-ring (bicyclic) bond motifs is 2. The molecule has 1 amide bonds. The van der Waals surface area contributed by atoms with E-state index in [0.29, 0.717) is 44.9 Å². The summed E-state index contributed by atoms with van der Waals surface area (Å²) in [6, 6.07) is 13.7. The highest BCUT2D eigenvalue weighted by molar-refractivity contribution is 8.15. The number of hydrogen-bond acceptors (Lipinski definition) is 5. The predicted molar refractivity (Wildman–Crippen MR) is 128 cm³/mol. The van der Waals surface area contributed by atoms with Gasteiger partial charge in [-0.3, -0.25) is 9.69 Å². The fourth-order valence-electron chi connectivity index (χ4n) is 4.86. The van der Waals surface area contributed by atoms with Gasteiger partial charge in [-0.25, -0.2) is 4.99 Å². The van der Waals surface area contributed by atoms with Crippen molar-refractivity contribution in [2.75, 3.05) is 5.75 Å². The monoisotopic (exact) mass is 488 g/mol. The van der Waals surface area contributed by atoms with Crippen LogP contribution in [-0.2, 0) is 4.79 Å². The Morgan fingerprint density at radius 1 is 1.06 bits per heavy atom. The van der Waals surface area contributed by atoms with Crippen LogP contribution < -0.4 is 0 Å². The van der Waals surface area contributed by atoms with E-state index in [2.05, 4.69) is 0 Å². The summed E-state index contributed by atoms with van der Waals surface area (Å²) in [6.45, 7) is 0. The van der Waals surface area contributed by atoms with Gasteiger partial charge in [-0.05, 0) is 66.6 Å². The maximum absolute atomic E-state index is 12.8. The van der Waals surface area contributed by atoms with Crippen LogP contribution in [0.4, 0.5) is 0 Å². The van der Waals surface area contributed by atoms with E-state index in [1.807, 2.05) is 12.1 Å². The molecule has 8 heteroatoms.